The highest BCUT2D eigenvalue weighted by atomic mass is 16.5. The van der Waals surface area contributed by atoms with Crippen LogP contribution < -0.4 is 30.7 Å². The van der Waals surface area contributed by atoms with Crippen LogP contribution in [0, 0.1) is 5.41 Å². The van der Waals surface area contributed by atoms with Crippen molar-refractivity contribution in [1.82, 2.24) is 30.1 Å². The summed E-state index contributed by atoms with van der Waals surface area (Å²) in [5, 5.41) is 15.0. The molecule has 5 rings (SSSR count). The predicted octanol–water partition coefficient (Wildman–Crippen LogP) is 5.66. The number of allylic oxidation sites excluding steroid dienone is 1. The third-order valence-electron chi connectivity index (χ3n) is 9.00. The Morgan fingerprint density at radius 3 is 2.60 bits per heavy atom. The van der Waals surface area contributed by atoms with E-state index in [1.54, 1.807) is 6.08 Å². The number of urea groups is 1. The molecule has 2 aromatic heterocycles. The van der Waals surface area contributed by atoms with Gasteiger partial charge >= 0.3 is 6.03 Å². The molecule has 1 saturated heterocycles. The Balaban J connectivity index is 1.18. The molecule has 1 saturated carbocycles. The Labute approximate surface area is 284 Å². The molecule has 3 heterocycles. The number of aliphatic imine (C=N–C) groups is 1. The van der Waals surface area contributed by atoms with Gasteiger partial charge in [-0.3, -0.25) is 9.72 Å². The topological polar surface area (TPSA) is 135 Å². The van der Waals surface area contributed by atoms with E-state index >= 15 is 0 Å². The lowest BCUT2D eigenvalue weighted by Gasteiger charge is -2.33. The van der Waals surface area contributed by atoms with Crippen molar-refractivity contribution in [1.29, 1.82) is 0 Å². The number of nitrogens with one attached hydrogen (secondary N) is 2. The lowest BCUT2D eigenvalue weighted by atomic mass is 9.92. The van der Waals surface area contributed by atoms with Crippen LogP contribution in [-0.2, 0) is 0 Å². The number of carbonyl (C=O) groups is 1. The zero-order valence-corrected chi connectivity index (χ0v) is 29.4. The molecule has 12 heteroatoms. The van der Waals surface area contributed by atoms with Gasteiger partial charge in [-0.1, -0.05) is 26.8 Å². The minimum Gasteiger partial charge on any atom is -0.492 e. The van der Waals surface area contributed by atoms with Crippen LogP contribution in [0.5, 0.6) is 11.5 Å². The maximum Gasteiger partial charge on any atom is 0.320 e. The summed E-state index contributed by atoms with van der Waals surface area (Å²) in [6.07, 6.45) is 10.7. The average Bonchev–Trinajstić information content (AvgIpc) is 3.45. The molecule has 1 aliphatic carbocycles. The summed E-state index contributed by atoms with van der Waals surface area (Å²) >= 11 is 0. The van der Waals surface area contributed by atoms with E-state index in [1.807, 2.05) is 81.9 Å². The zero-order chi connectivity index (χ0) is 34.3. The van der Waals surface area contributed by atoms with Gasteiger partial charge < -0.3 is 30.3 Å². The number of ether oxygens (including phenoxy) is 2. The van der Waals surface area contributed by atoms with Crippen LogP contribution in [0.15, 0.2) is 59.4 Å². The number of amides is 2. The first-order chi connectivity index (χ1) is 22.9. The van der Waals surface area contributed by atoms with Gasteiger partial charge in [0.25, 0.3) is 0 Å². The number of likely N-dealkylation sites (N-methyl/N-ethyl adjacent to an activating group) is 1. The van der Waals surface area contributed by atoms with Crippen LogP contribution >= 0.6 is 0 Å². The van der Waals surface area contributed by atoms with E-state index in [-0.39, 0.29) is 23.6 Å². The number of pyridine rings is 1. The molecular weight excluding hydrogens is 606 g/mol. The van der Waals surface area contributed by atoms with Gasteiger partial charge in [0.05, 0.1) is 18.0 Å². The highest BCUT2D eigenvalue weighted by Crippen LogP contribution is 2.28. The third-order valence-corrected chi connectivity index (χ3v) is 9.00. The summed E-state index contributed by atoms with van der Waals surface area (Å²) in [5.41, 5.74) is 8.19. The van der Waals surface area contributed by atoms with E-state index in [0.717, 1.165) is 62.5 Å². The summed E-state index contributed by atoms with van der Waals surface area (Å²) in [4.78, 5) is 22.4. The van der Waals surface area contributed by atoms with Gasteiger partial charge in [0.1, 0.15) is 23.9 Å². The van der Waals surface area contributed by atoms with E-state index < -0.39 is 0 Å². The van der Waals surface area contributed by atoms with E-state index in [1.165, 1.54) is 12.8 Å². The van der Waals surface area contributed by atoms with Crippen LogP contribution in [0.25, 0.3) is 5.65 Å². The van der Waals surface area contributed by atoms with Crippen molar-refractivity contribution >= 4 is 29.1 Å². The second-order valence-electron chi connectivity index (χ2n) is 14.3. The first kappa shape index (κ1) is 35.0. The fourth-order valence-corrected chi connectivity index (χ4v) is 5.96. The molecule has 1 aliphatic heterocycles. The number of amidine groups is 1. The molecule has 0 spiro atoms. The molecule has 0 radical (unpaired) electrons. The lowest BCUT2D eigenvalue weighted by molar-refractivity contribution is 0.140. The Hall–Kier alpha value is -4.32. The predicted molar refractivity (Wildman–Crippen MR) is 191 cm³/mol. The van der Waals surface area contributed by atoms with Crippen molar-refractivity contribution in [2.45, 2.75) is 90.8 Å². The van der Waals surface area contributed by atoms with Crippen molar-refractivity contribution in [2.24, 2.45) is 16.1 Å². The minimum atomic E-state index is -0.313. The molecule has 2 fully saturated rings. The van der Waals surface area contributed by atoms with E-state index in [4.69, 9.17) is 20.2 Å². The van der Waals surface area contributed by atoms with Gasteiger partial charge in [0.2, 0.25) is 5.95 Å². The number of aromatic nitrogens is 3. The SMILES string of the molecule is C[C@H]1CCCCN1c1nnc2ccc(OC3CCC(NC(=O)NC(C=C(N)C(C)(C)C)=Nc4cccc(OCCN(C)C)c4)CC3)cn12. The molecule has 0 bridgehead atoms. The number of fused-ring (bicyclic) bond motifs is 1. The smallest absolute Gasteiger partial charge is 0.320 e. The first-order valence-electron chi connectivity index (χ1n) is 17.2. The Kier molecular flexibility index (Phi) is 11.5. The van der Waals surface area contributed by atoms with Gasteiger partial charge in [0, 0.05) is 48.4 Å². The molecule has 260 valence electrons. The molecule has 48 heavy (non-hydrogen) atoms. The molecular formula is C36H53N9O3. The van der Waals surface area contributed by atoms with Crippen LogP contribution in [0.1, 0.15) is 72.6 Å². The summed E-state index contributed by atoms with van der Waals surface area (Å²) in [5.74, 6) is 2.76. The number of nitrogens with two attached hydrogens (primary N) is 1. The third kappa shape index (κ3) is 9.62. The van der Waals surface area contributed by atoms with Crippen molar-refractivity contribution in [3.8, 4) is 11.5 Å². The average molecular weight is 660 g/mol. The van der Waals surface area contributed by atoms with Crippen LogP contribution in [-0.4, -0.2) is 83.3 Å². The minimum absolute atomic E-state index is 0.0241. The number of carbonyl (C=O) groups excluding carboxylic acids is 1. The lowest BCUT2D eigenvalue weighted by Crippen LogP contribution is -2.46. The van der Waals surface area contributed by atoms with Crippen molar-refractivity contribution in [3.63, 3.8) is 0 Å². The van der Waals surface area contributed by atoms with Gasteiger partial charge in [-0.15, -0.1) is 10.2 Å². The normalized spacial score (nSPS) is 21.0. The van der Waals surface area contributed by atoms with Gasteiger partial charge in [-0.2, -0.15) is 0 Å². The van der Waals surface area contributed by atoms with E-state index in [9.17, 15) is 4.79 Å². The van der Waals surface area contributed by atoms with Crippen molar-refractivity contribution in [2.75, 3.05) is 38.7 Å². The largest absolute Gasteiger partial charge is 0.492 e. The van der Waals surface area contributed by atoms with Gasteiger partial charge in [-0.25, -0.2) is 9.79 Å². The van der Waals surface area contributed by atoms with Gasteiger partial charge in [0.15, 0.2) is 5.65 Å². The Bertz CT molecular complexity index is 1580. The van der Waals surface area contributed by atoms with Gasteiger partial charge in [-0.05, 0) is 90.2 Å². The number of anilines is 1. The number of rotatable bonds is 10. The Morgan fingerprint density at radius 1 is 1.08 bits per heavy atom. The quantitative estimate of drug-likeness (QED) is 0.188. The first-order valence-corrected chi connectivity index (χ1v) is 17.2. The molecule has 2 aliphatic rings. The summed E-state index contributed by atoms with van der Waals surface area (Å²) in [6, 6.07) is 11.6. The van der Waals surface area contributed by atoms with Crippen LogP contribution in [0.4, 0.5) is 16.4 Å². The molecule has 0 unspecified atom stereocenters. The standard InChI is InChI=1S/C36H53N9O3/c1-25-10-7-8-19-44(25)35-42-41-33-18-17-30(24-45(33)35)48-28-15-13-26(14-16-28)39-34(46)40-32(23-31(37)36(2,3)4)38-27-11-9-12-29(22-27)47-21-20-43(5)6/h9,11-12,17-18,22-26,28H,7-8,10,13-16,19-21,37H2,1-6H3,(H2,38,39,40,46)/t25-,26?,28?/m0/s1. The summed E-state index contributed by atoms with van der Waals surface area (Å²) in [6.45, 7) is 10.7. The monoisotopic (exact) mass is 659 g/mol. The van der Waals surface area contributed by atoms with E-state index in [0.29, 0.717) is 35.6 Å². The number of piperidine rings is 1. The maximum absolute atomic E-state index is 13.2. The second-order valence-corrected chi connectivity index (χ2v) is 14.3. The van der Waals surface area contributed by atoms with Crippen LogP contribution in [0.2, 0.25) is 0 Å². The zero-order valence-electron chi connectivity index (χ0n) is 29.4. The van der Waals surface area contributed by atoms with Crippen molar-refractivity contribution in [3.05, 3.63) is 54.4 Å². The maximum atomic E-state index is 13.2. The fourth-order valence-electron chi connectivity index (χ4n) is 5.96. The molecule has 1 atom stereocenters. The molecule has 4 N–H and O–H groups in total. The van der Waals surface area contributed by atoms with Crippen LogP contribution in [0.3, 0.4) is 0 Å². The number of hydrogen-bond donors (Lipinski definition) is 3. The van der Waals surface area contributed by atoms with E-state index in [2.05, 4.69) is 37.6 Å². The van der Waals surface area contributed by atoms with Crippen molar-refractivity contribution < 1.29 is 14.3 Å². The molecule has 3 aromatic rings. The molecule has 2 amide bonds. The second kappa shape index (κ2) is 15.7. The number of hydrogen-bond acceptors (Lipinski definition) is 9. The fraction of sp³-hybridized carbons (Fsp3) is 0.556. The molecule has 12 nitrogen and oxygen atoms in total. The number of benzene rings is 1. The highest BCUT2D eigenvalue weighted by molar-refractivity contribution is 6.05. The summed E-state index contributed by atoms with van der Waals surface area (Å²) in [7, 11) is 4.01. The summed E-state index contributed by atoms with van der Waals surface area (Å²) < 4.78 is 14.4. The molecule has 1 aromatic carbocycles. The number of nitrogens with zero attached hydrogens (tertiary/aromatic N) is 6. The Morgan fingerprint density at radius 2 is 1.88 bits per heavy atom. The highest BCUT2D eigenvalue weighted by Gasteiger charge is 2.26.